The second kappa shape index (κ2) is 5.76. The Morgan fingerprint density at radius 1 is 1.20 bits per heavy atom. The van der Waals surface area contributed by atoms with Gasteiger partial charge in [-0.25, -0.2) is 0 Å². The van der Waals surface area contributed by atoms with E-state index in [1.54, 1.807) is 0 Å². The van der Waals surface area contributed by atoms with Crippen LogP contribution in [0.2, 0.25) is 0 Å². The van der Waals surface area contributed by atoms with Gasteiger partial charge < -0.3 is 0 Å². The average molecular weight is 141 g/mol. The predicted molar refractivity (Wildman–Crippen MR) is 47.8 cm³/mol. The fourth-order valence-electron chi connectivity index (χ4n) is 1.32. The molecular formula is C10H21. The molecule has 61 valence electrons. The van der Waals surface area contributed by atoms with E-state index in [1.165, 1.54) is 19.3 Å². The maximum Gasteiger partial charge on any atom is -0.0358 e. The SMILES string of the molecule is CC[CH]C(C)C(C)CCC. The van der Waals surface area contributed by atoms with Crippen molar-refractivity contribution in [1.82, 2.24) is 0 Å². The van der Waals surface area contributed by atoms with Crippen LogP contribution in [0.1, 0.15) is 47.0 Å². The maximum atomic E-state index is 2.42. The average Bonchev–Trinajstić information content (AvgIpc) is 1.89. The Bertz CT molecular complexity index is 56.4. The van der Waals surface area contributed by atoms with Crippen molar-refractivity contribution in [2.75, 3.05) is 0 Å². The molecule has 0 saturated heterocycles. The molecule has 0 rings (SSSR count). The van der Waals surface area contributed by atoms with E-state index in [0.29, 0.717) is 0 Å². The van der Waals surface area contributed by atoms with Crippen LogP contribution >= 0.6 is 0 Å². The zero-order valence-electron chi connectivity index (χ0n) is 7.85. The van der Waals surface area contributed by atoms with E-state index in [1.807, 2.05) is 0 Å². The summed E-state index contributed by atoms with van der Waals surface area (Å²) in [6.45, 7) is 9.15. The maximum absolute atomic E-state index is 2.42. The normalized spacial score (nSPS) is 16.8. The molecule has 0 aliphatic heterocycles. The second-order valence-corrected chi connectivity index (χ2v) is 3.27. The summed E-state index contributed by atoms with van der Waals surface area (Å²) in [4.78, 5) is 0. The minimum atomic E-state index is 0.810. The molecule has 0 nitrogen and oxygen atoms in total. The van der Waals surface area contributed by atoms with Gasteiger partial charge in [0.2, 0.25) is 0 Å². The van der Waals surface area contributed by atoms with Gasteiger partial charge in [0.05, 0.1) is 0 Å². The van der Waals surface area contributed by atoms with Gasteiger partial charge in [0.1, 0.15) is 0 Å². The molecule has 1 radical (unpaired) electrons. The molecule has 0 heteroatoms. The molecule has 0 N–H and O–H groups in total. The number of hydrogen-bond donors (Lipinski definition) is 0. The lowest BCUT2D eigenvalue weighted by molar-refractivity contribution is 0.396. The van der Waals surface area contributed by atoms with Gasteiger partial charge in [-0.2, -0.15) is 0 Å². The molecule has 0 amide bonds. The van der Waals surface area contributed by atoms with Gasteiger partial charge in [-0.05, 0) is 18.3 Å². The van der Waals surface area contributed by atoms with Crippen molar-refractivity contribution >= 4 is 0 Å². The highest BCUT2D eigenvalue weighted by atomic mass is 14.1. The highest BCUT2D eigenvalue weighted by molar-refractivity contribution is 4.74. The van der Waals surface area contributed by atoms with Crippen molar-refractivity contribution < 1.29 is 0 Å². The third-order valence-corrected chi connectivity index (χ3v) is 2.25. The molecule has 0 aliphatic rings. The quantitative estimate of drug-likeness (QED) is 0.548. The van der Waals surface area contributed by atoms with Crippen LogP contribution in [-0.2, 0) is 0 Å². The van der Waals surface area contributed by atoms with Crippen LogP contribution in [0.15, 0.2) is 0 Å². The molecule has 2 atom stereocenters. The summed E-state index contributed by atoms with van der Waals surface area (Å²) in [5.74, 6) is 1.69. The van der Waals surface area contributed by atoms with E-state index >= 15 is 0 Å². The lowest BCUT2D eigenvalue weighted by Gasteiger charge is -2.17. The van der Waals surface area contributed by atoms with E-state index in [-0.39, 0.29) is 0 Å². The van der Waals surface area contributed by atoms with Gasteiger partial charge in [0.25, 0.3) is 0 Å². The lowest BCUT2D eigenvalue weighted by atomic mass is 9.89. The molecule has 0 aliphatic carbocycles. The van der Waals surface area contributed by atoms with Crippen molar-refractivity contribution in [3.05, 3.63) is 6.42 Å². The van der Waals surface area contributed by atoms with Gasteiger partial charge in [-0.3, -0.25) is 0 Å². The van der Waals surface area contributed by atoms with E-state index in [4.69, 9.17) is 0 Å². The standard InChI is InChI=1S/C10H21/c1-5-7-9(3)10(4)8-6-2/h7,9-10H,5-6,8H2,1-4H3. The molecule has 2 unspecified atom stereocenters. The fourth-order valence-corrected chi connectivity index (χ4v) is 1.32. The second-order valence-electron chi connectivity index (χ2n) is 3.27. The molecule has 0 aromatic heterocycles. The van der Waals surface area contributed by atoms with E-state index in [2.05, 4.69) is 34.1 Å². The first-order valence-electron chi connectivity index (χ1n) is 4.55. The lowest BCUT2D eigenvalue weighted by Crippen LogP contribution is -2.07. The monoisotopic (exact) mass is 141 g/mol. The molecule has 10 heavy (non-hydrogen) atoms. The summed E-state index contributed by atoms with van der Waals surface area (Å²) < 4.78 is 0. The van der Waals surface area contributed by atoms with E-state index in [9.17, 15) is 0 Å². The highest BCUT2D eigenvalue weighted by Crippen LogP contribution is 2.19. The first kappa shape index (κ1) is 10.0. The predicted octanol–water partition coefficient (Wildman–Crippen LogP) is 3.67. The molecule has 0 fully saturated rings. The van der Waals surface area contributed by atoms with Gasteiger partial charge in [0, 0.05) is 0 Å². The Morgan fingerprint density at radius 2 is 1.80 bits per heavy atom. The van der Waals surface area contributed by atoms with Crippen molar-refractivity contribution in [1.29, 1.82) is 0 Å². The number of rotatable bonds is 5. The van der Waals surface area contributed by atoms with Crippen LogP contribution < -0.4 is 0 Å². The Morgan fingerprint density at radius 3 is 2.20 bits per heavy atom. The van der Waals surface area contributed by atoms with Crippen molar-refractivity contribution in [2.45, 2.75) is 47.0 Å². The largest absolute Gasteiger partial charge is 0.0654 e. The van der Waals surface area contributed by atoms with Crippen LogP contribution in [0.25, 0.3) is 0 Å². The third kappa shape index (κ3) is 3.92. The molecule has 0 aromatic rings. The molecular weight excluding hydrogens is 120 g/mol. The Balaban J connectivity index is 3.38. The summed E-state index contributed by atoms with van der Waals surface area (Å²) in [6.07, 6.45) is 6.33. The molecule has 0 saturated carbocycles. The van der Waals surface area contributed by atoms with Gasteiger partial charge in [-0.15, -0.1) is 0 Å². The van der Waals surface area contributed by atoms with Crippen molar-refractivity contribution in [3.63, 3.8) is 0 Å². The summed E-state index contributed by atoms with van der Waals surface area (Å²) >= 11 is 0. The zero-order valence-corrected chi connectivity index (χ0v) is 7.85. The van der Waals surface area contributed by atoms with Crippen LogP contribution in [0.4, 0.5) is 0 Å². The fraction of sp³-hybridized carbons (Fsp3) is 0.900. The van der Waals surface area contributed by atoms with E-state index in [0.717, 1.165) is 11.8 Å². The third-order valence-electron chi connectivity index (χ3n) is 2.25. The molecule has 0 heterocycles. The number of hydrogen-bond acceptors (Lipinski definition) is 0. The van der Waals surface area contributed by atoms with Crippen molar-refractivity contribution in [3.8, 4) is 0 Å². The summed E-state index contributed by atoms with van der Waals surface area (Å²) in [7, 11) is 0. The van der Waals surface area contributed by atoms with Crippen LogP contribution in [-0.4, -0.2) is 0 Å². The van der Waals surface area contributed by atoms with E-state index < -0.39 is 0 Å². The molecule has 0 spiro atoms. The van der Waals surface area contributed by atoms with Crippen LogP contribution in [0.3, 0.4) is 0 Å². The molecule has 0 bridgehead atoms. The Labute approximate surface area is 66.0 Å². The van der Waals surface area contributed by atoms with Crippen LogP contribution in [0.5, 0.6) is 0 Å². The first-order chi connectivity index (χ1) is 4.72. The summed E-state index contributed by atoms with van der Waals surface area (Å²) in [5, 5.41) is 0. The van der Waals surface area contributed by atoms with Gasteiger partial charge in [0.15, 0.2) is 0 Å². The van der Waals surface area contributed by atoms with Gasteiger partial charge in [-0.1, -0.05) is 47.0 Å². The minimum Gasteiger partial charge on any atom is -0.0654 e. The topological polar surface area (TPSA) is 0 Å². The smallest absolute Gasteiger partial charge is 0.0358 e. The minimum absolute atomic E-state index is 0.810. The Hall–Kier alpha value is 0. The highest BCUT2D eigenvalue weighted by Gasteiger charge is 2.09. The summed E-state index contributed by atoms with van der Waals surface area (Å²) in [5.41, 5.74) is 0. The summed E-state index contributed by atoms with van der Waals surface area (Å²) in [6, 6.07) is 0. The van der Waals surface area contributed by atoms with Gasteiger partial charge >= 0.3 is 0 Å². The van der Waals surface area contributed by atoms with Crippen LogP contribution in [0, 0.1) is 18.3 Å². The zero-order chi connectivity index (χ0) is 7.98. The first-order valence-corrected chi connectivity index (χ1v) is 4.55. The Kier molecular flexibility index (Phi) is 5.76. The van der Waals surface area contributed by atoms with Crippen molar-refractivity contribution in [2.24, 2.45) is 11.8 Å². The molecule has 0 aromatic carbocycles.